The molecule has 1 atom stereocenters. The molecule has 3 nitrogen and oxygen atoms in total. The molecule has 1 unspecified atom stereocenters. The summed E-state index contributed by atoms with van der Waals surface area (Å²) < 4.78 is 5.80. The first-order valence-electron chi connectivity index (χ1n) is 7.28. The molecule has 1 aromatic heterocycles. The molecule has 0 spiro atoms. The number of hydrogen-bond donors (Lipinski definition) is 0. The van der Waals surface area contributed by atoms with Crippen LogP contribution >= 0.6 is 11.3 Å². The maximum Gasteiger partial charge on any atom is 0.223 e. The normalized spacial score (nSPS) is 18.7. The number of aryl methyl sites for hydroxylation is 1. The summed E-state index contributed by atoms with van der Waals surface area (Å²) in [6, 6.07) is 12.2. The van der Waals surface area contributed by atoms with E-state index in [1.54, 1.807) is 11.3 Å². The summed E-state index contributed by atoms with van der Waals surface area (Å²) in [7, 11) is 0. The van der Waals surface area contributed by atoms with Gasteiger partial charge >= 0.3 is 0 Å². The number of morpholine rings is 1. The van der Waals surface area contributed by atoms with Crippen molar-refractivity contribution in [2.24, 2.45) is 0 Å². The zero-order valence-electron chi connectivity index (χ0n) is 11.9. The number of carbonyl (C=O) groups is 1. The van der Waals surface area contributed by atoms with Crippen LogP contribution in [0, 0.1) is 0 Å². The molecular formula is C17H19NO2S. The van der Waals surface area contributed by atoms with E-state index in [4.69, 9.17) is 4.74 Å². The minimum Gasteiger partial charge on any atom is -0.370 e. The molecule has 2 aromatic rings. The molecule has 4 heteroatoms. The van der Waals surface area contributed by atoms with Crippen molar-refractivity contribution < 1.29 is 9.53 Å². The fraction of sp³-hybridized carbons (Fsp3) is 0.353. The van der Waals surface area contributed by atoms with Gasteiger partial charge in [-0.15, -0.1) is 0 Å². The van der Waals surface area contributed by atoms with Crippen molar-refractivity contribution in [1.29, 1.82) is 0 Å². The summed E-state index contributed by atoms with van der Waals surface area (Å²) in [5, 5.41) is 4.17. The summed E-state index contributed by atoms with van der Waals surface area (Å²) in [5.74, 6) is 0.227. The monoisotopic (exact) mass is 301 g/mol. The van der Waals surface area contributed by atoms with Gasteiger partial charge in [-0.25, -0.2) is 0 Å². The Bertz CT molecular complexity index is 568. The highest BCUT2D eigenvalue weighted by atomic mass is 32.1. The smallest absolute Gasteiger partial charge is 0.223 e. The third-order valence-corrected chi connectivity index (χ3v) is 4.53. The molecule has 110 valence electrons. The van der Waals surface area contributed by atoms with Gasteiger partial charge in [0.15, 0.2) is 0 Å². The third kappa shape index (κ3) is 3.71. The molecule has 0 radical (unpaired) electrons. The third-order valence-electron chi connectivity index (χ3n) is 3.80. The molecule has 0 saturated carbocycles. The fourth-order valence-corrected chi connectivity index (χ4v) is 3.29. The molecule has 1 saturated heterocycles. The average Bonchev–Trinajstić information content (AvgIpc) is 3.07. The molecule has 21 heavy (non-hydrogen) atoms. The number of benzene rings is 1. The van der Waals surface area contributed by atoms with E-state index in [-0.39, 0.29) is 12.0 Å². The van der Waals surface area contributed by atoms with Crippen LogP contribution in [0.5, 0.6) is 0 Å². The Balaban J connectivity index is 1.56. The lowest BCUT2D eigenvalue weighted by Crippen LogP contribution is -2.42. The first kappa shape index (κ1) is 14.3. The SMILES string of the molecule is O=C(CCc1ccsc1)N1CCOC(c2ccccc2)C1. The molecule has 1 fully saturated rings. The average molecular weight is 301 g/mol. The first-order valence-corrected chi connectivity index (χ1v) is 8.22. The van der Waals surface area contributed by atoms with E-state index < -0.39 is 0 Å². The highest BCUT2D eigenvalue weighted by Gasteiger charge is 2.24. The summed E-state index contributed by atoms with van der Waals surface area (Å²) >= 11 is 1.68. The van der Waals surface area contributed by atoms with Gasteiger partial charge in [0, 0.05) is 13.0 Å². The number of amides is 1. The maximum absolute atomic E-state index is 12.3. The van der Waals surface area contributed by atoms with Gasteiger partial charge in [0.2, 0.25) is 5.91 Å². The number of rotatable bonds is 4. The van der Waals surface area contributed by atoms with Crippen molar-refractivity contribution in [2.45, 2.75) is 18.9 Å². The molecule has 2 heterocycles. The predicted molar refractivity (Wildman–Crippen MR) is 84.4 cm³/mol. The molecule has 3 rings (SSSR count). The highest BCUT2D eigenvalue weighted by molar-refractivity contribution is 7.07. The lowest BCUT2D eigenvalue weighted by Gasteiger charge is -2.33. The molecule has 0 N–H and O–H groups in total. The van der Waals surface area contributed by atoms with Crippen LogP contribution in [-0.4, -0.2) is 30.5 Å². The quantitative estimate of drug-likeness (QED) is 0.867. The molecular weight excluding hydrogens is 282 g/mol. The Kier molecular flexibility index (Phi) is 4.68. The molecule has 1 aromatic carbocycles. The van der Waals surface area contributed by atoms with Crippen LogP contribution in [0.2, 0.25) is 0 Å². The van der Waals surface area contributed by atoms with E-state index in [1.807, 2.05) is 23.1 Å². The van der Waals surface area contributed by atoms with Crippen molar-refractivity contribution in [3.05, 3.63) is 58.3 Å². The van der Waals surface area contributed by atoms with Gasteiger partial charge in [0.05, 0.1) is 13.2 Å². The highest BCUT2D eigenvalue weighted by Crippen LogP contribution is 2.22. The molecule has 0 bridgehead atoms. The van der Waals surface area contributed by atoms with Gasteiger partial charge in [-0.3, -0.25) is 4.79 Å². The maximum atomic E-state index is 12.3. The second-order valence-electron chi connectivity index (χ2n) is 5.24. The Labute approximate surface area is 129 Å². The van der Waals surface area contributed by atoms with E-state index in [9.17, 15) is 4.79 Å². The van der Waals surface area contributed by atoms with Crippen LogP contribution < -0.4 is 0 Å². The van der Waals surface area contributed by atoms with Crippen LogP contribution in [0.1, 0.15) is 23.7 Å². The van der Waals surface area contributed by atoms with E-state index in [0.29, 0.717) is 26.1 Å². The standard InChI is InChI=1S/C17H19NO2S/c19-17(7-6-14-8-11-21-13-14)18-9-10-20-16(12-18)15-4-2-1-3-5-15/h1-5,8,11,13,16H,6-7,9-10,12H2. The number of nitrogens with zero attached hydrogens (tertiary/aromatic N) is 1. The minimum absolute atomic E-state index is 0.00467. The Morgan fingerprint density at radius 2 is 2.14 bits per heavy atom. The van der Waals surface area contributed by atoms with Crippen LogP contribution in [0.15, 0.2) is 47.2 Å². The Hall–Kier alpha value is -1.65. The topological polar surface area (TPSA) is 29.5 Å². The van der Waals surface area contributed by atoms with E-state index >= 15 is 0 Å². The van der Waals surface area contributed by atoms with Crippen molar-refractivity contribution in [3.8, 4) is 0 Å². The first-order chi connectivity index (χ1) is 10.3. The molecule has 1 amide bonds. The van der Waals surface area contributed by atoms with E-state index in [2.05, 4.69) is 29.0 Å². The minimum atomic E-state index is 0.00467. The van der Waals surface area contributed by atoms with E-state index in [1.165, 1.54) is 5.56 Å². The zero-order chi connectivity index (χ0) is 14.5. The van der Waals surface area contributed by atoms with Gasteiger partial charge in [0.25, 0.3) is 0 Å². The zero-order valence-corrected chi connectivity index (χ0v) is 12.7. The number of carbonyl (C=O) groups excluding carboxylic acids is 1. The largest absolute Gasteiger partial charge is 0.370 e. The van der Waals surface area contributed by atoms with E-state index in [0.717, 1.165) is 12.0 Å². The summed E-state index contributed by atoms with van der Waals surface area (Å²) in [6.45, 7) is 1.97. The van der Waals surface area contributed by atoms with Crippen LogP contribution in [-0.2, 0) is 16.0 Å². The van der Waals surface area contributed by atoms with Crippen LogP contribution in [0.4, 0.5) is 0 Å². The summed E-state index contributed by atoms with van der Waals surface area (Å²) in [6.07, 6.45) is 1.42. The van der Waals surface area contributed by atoms with Crippen LogP contribution in [0.3, 0.4) is 0 Å². The summed E-state index contributed by atoms with van der Waals surface area (Å²) in [4.78, 5) is 14.3. The van der Waals surface area contributed by atoms with Crippen molar-refractivity contribution >= 4 is 17.2 Å². The van der Waals surface area contributed by atoms with Crippen molar-refractivity contribution in [1.82, 2.24) is 4.90 Å². The number of ether oxygens (including phenoxy) is 1. The Morgan fingerprint density at radius 3 is 2.90 bits per heavy atom. The second-order valence-corrected chi connectivity index (χ2v) is 6.02. The fourth-order valence-electron chi connectivity index (χ4n) is 2.59. The lowest BCUT2D eigenvalue weighted by atomic mass is 10.1. The predicted octanol–water partition coefficient (Wildman–Crippen LogP) is 3.28. The molecule has 0 aliphatic carbocycles. The molecule has 1 aliphatic rings. The second kappa shape index (κ2) is 6.87. The van der Waals surface area contributed by atoms with Gasteiger partial charge in [0.1, 0.15) is 6.10 Å². The lowest BCUT2D eigenvalue weighted by molar-refractivity contribution is -0.139. The van der Waals surface area contributed by atoms with Gasteiger partial charge in [-0.1, -0.05) is 30.3 Å². The van der Waals surface area contributed by atoms with Crippen LogP contribution in [0.25, 0.3) is 0 Å². The van der Waals surface area contributed by atoms with Gasteiger partial charge < -0.3 is 9.64 Å². The number of hydrogen-bond acceptors (Lipinski definition) is 3. The van der Waals surface area contributed by atoms with Crippen molar-refractivity contribution in [2.75, 3.05) is 19.7 Å². The summed E-state index contributed by atoms with van der Waals surface area (Å²) in [5.41, 5.74) is 2.40. The molecule has 1 aliphatic heterocycles. The Morgan fingerprint density at radius 1 is 1.29 bits per heavy atom. The van der Waals surface area contributed by atoms with Gasteiger partial charge in [-0.2, -0.15) is 11.3 Å². The van der Waals surface area contributed by atoms with Gasteiger partial charge in [-0.05, 0) is 34.4 Å². The van der Waals surface area contributed by atoms with Crippen molar-refractivity contribution in [3.63, 3.8) is 0 Å². The number of thiophene rings is 1.